The van der Waals surface area contributed by atoms with Crippen molar-refractivity contribution in [3.05, 3.63) is 59.7 Å². The van der Waals surface area contributed by atoms with Crippen LogP contribution >= 0.6 is 0 Å². The summed E-state index contributed by atoms with van der Waals surface area (Å²) in [5.74, 6) is 1.09. The van der Waals surface area contributed by atoms with E-state index in [-0.39, 0.29) is 36.4 Å². The minimum atomic E-state index is -0.0779. The molecule has 38 heavy (non-hydrogen) atoms. The maximum atomic E-state index is 13.6. The van der Waals surface area contributed by atoms with E-state index in [1.165, 1.54) is 0 Å². The molecule has 0 radical (unpaired) electrons. The van der Waals surface area contributed by atoms with Gasteiger partial charge in [-0.25, -0.2) is 0 Å². The molecule has 0 saturated carbocycles. The molecule has 0 aliphatic carbocycles. The number of hydrogen-bond donors (Lipinski definition) is 3. The van der Waals surface area contributed by atoms with Crippen molar-refractivity contribution in [2.45, 2.75) is 38.9 Å². The monoisotopic (exact) mass is 526 g/mol. The van der Waals surface area contributed by atoms with E-state index in [1.807, 2.05) is 49.1 Å². The van der Waals surface area contributed by atoms with Crippen molar-refractivity contribution in [2.75, 3.05) is 53.6 Å². The Kier molecular flexibility index (Phi) is 11.9. The first-order valence-corrected chi connectivity index (χ1v) is 13.3. The molecule has 3 rings (SSSR count). The Labute approximate surface area is 226 Å². The lowest BCUT2D eigenvalue weighted by Crippen LogP contribution is -2.49. The third-order valence-corrected chi connectivity index (χ3v) is 6.62. The summed E-state index contributed by atoms with van der Waals surface area (Å²) in [5, 5.41) is 9.72. The lowest BCUT2D eigenvalue weighted by atomic mass is 10.0. The standard InChI is InChI=1S/C29H42N4O5/c1-21(2)33(29(35)23-11-12-26(37-4)27(15-23)38-14-8-13-36-3)20-24-17-31-18-25(24)32-28(34)19-30-16-22-9-6-5-7-10-22/h5-7,9-12,15,21,24-25,30-31H,8,13-14,16-20H2,1-4H3,(H,32,34)/t24-,25+/m0/s1. The quantitative estimate of drug-likeness (QED) is 0.307. The van der Waals surface area contributed by atoms with Crippen molar-refractivity contribution < 1.29 is 23.8 Å². The number of nitrogens with one attached hydrogen (secondary N) is 3. The number of ether oxygens (including phenoxy) is 3. The Morgan fingerprint density at radius 1 is 1.05 bits per heavy atom. The normalized spacial score (nSPS) is 16.9. The second kappa shape index (κ2) is 15.3. The second-order valence-corrected chi connectivity index (χ2v) is 9.79. The zero-order valence-electron chi connectivity index (χ0n) is 23.0. The zero-order chi connectivity index (χ0) is 27.3. The van der Waals surface area contributed by atoms with Gasteiger partial charge in [0.15, 0.2) is 11.5 Å². The summed E-state index contributed by atoms with van der Waals surface area (Å²) in [4.78, 5) is 28.1. The van der Waals surface area contributed by atoms with Crippen molar-refractivity contribution in [3.63, 3.8) is 0 Å². The number of methoxy groups -OCH3 is 2. The van der Waals surface area contributed by atoms with E-state index in [0.717, 1.165) is 18.5 Å². The minimum Gasteiger partial charge on any atom is -0.493 e. The van der Waals surface area contributed by atoms with Crippen molar-refractivity contribution >= 4 is 11.8 Å². The van der Waals surface area contributed by atoms with Gasteiger partial charge >= 0.3 is 0 Å². The molecular formula is C29H42N4O5. The van der Waals surface area contributed by atoms with E-state index in [0.29, 0.717) is 49.9 Å². The van der Waals surface area contributed by atoms with Crippen LogP contribution in [0.1, 0.15) is 36.2 Å². The Balaban J connectivity index is 1.59. The van der Waals surface area contributed by atoms with Gasteiger partial charge in [0.2, 0.25) is 5.91 Å². The van der Waals surface area contributed by atoms with Crippen LogP contribution in [0.5, 0.6) is 11.5 Å². The molecule has 2 aromatic carbocycles. The number of benzene rings is 2. The Morgan fingerprint density at radius 2 is 1.84 bits per heavy atom. The summed E-state index contributed by atoms with van der Waals surface area (Å²) in [6, 6.07) is 15.2. The number of hydrogen-bond acceptors (Lipinski definition) is 7. The van der Waals surface area contributed by atoms with Gasteiger partial charge in [0.1, 0.15) is 0 Å². The highest BCUT2D eigenvalue weighted by Crippen LogP contribution is 2.29. The molecule has 1 heterocycles. The Bertz CT molecular complexity index is 1020. The van der Waals surface area contributed by atoms with Gasteiger partial charge in [0, 0.05) is 69.9 Å². The lowest BCUT2D eigenvalue weighted by molar-refractivity contribution is -0.121. The Hall–Kier alpha value is -3.14. The number of rotatable bonds is 15. The molecule has 0 unspecified atom stereocenters. The first-order valence-electron chi connectivity index (χ1n) is 13.3. The predicted octanol–water partition coefficient (Wildman–Crippen LogP) is 2.46. The van der Waals surface area contributed by atoms with Crippen molar-refractivity contribution in [2.24, 2.45) is 5.92 Å². The van der Waals surface area contributed by atoms with Crippen molar-refractivity contribution in [1.29, 1.82) is 0 Å². The van der Waals surface area contributed by atoms with Gasteiger partial charge in [-0.1, -0.05) is 30.3 Å². The van der Waals surface area contributed by atoms with Gasteiger partial charge < -0.3 is 35.1 Å². The molecule has 0 bridgehead atoms. The molecule has 2 atom stereocenters. The average Bonchev–Trinajstić information content (AvgIpc) is 3.36. The van der Waals surface area contributed by atoms with Gasteiger partial charge in [-0.3, -0.25) is 9.59 Å². The molecule has 1 fully saturated rings. The maximum Gasteiger partial charge on any atom is 0.254 e. The van der Waals surface area contributed by atoms with E-state index in [9.17, 15) is 9.59 Å². The fourth-order valence-corrected chi connectivity index (χ4v) is 4.52. The van der Waals surface area contributed by atoms with Crippen molar-refractivity contribution in [1.82, 2.24) is 20.9 Å². The van der Waals surface area contributed by atoms with Crippen LogP contribution in [0.15, 0.2) is 48.5 Å². The van der Waals surface area contributed by atoms with E-state index in [1.54, 1.807) is 32.4 Å². The molecule has 0 aromatic heterocycles. The average molecular weight is 527 g/mol. The van der Waals surface area contributed by atoms with Crippen LogP contribution < -0.4 is 25.4 Å². The molecule has 9 nitrogen and oxygen atoms in total. The van der Waals surface area contributed by atoms with Crippen molar-refractivity contribution in [3.8, 4) is 11.5 Å². The number of amides is 2. The highest BCUT2D eigenvalue weighted by Gasteiger charge is 2.32. The highest BCUT2D eigenvalue weighted by molar-refractivity contribution is 5.95. The van der Waals surface area contributed by atoms with Crippen LogP contribution in [0.2, 0.25) is 0 Å². The number of carbonyl (C=O) groups excluding carboxylic acids is 2. The molecule has 208 valence electrons. The molecule has 2 amide bonds. The van der Waals surface area contributed by atoms with E-state index < -0.39 is 0 Å². The summed E-state index contributed by atoms with van der Waals surface area (Å²) >= 11 is 0. The molecule has 9 heteroatoms. The molecular weight excluding hydrogens is 484 g/mol. The van der Waals surface area contributed by atoms with Crippen LogP contribution in [0.4, 0.5) is 0 Å². The summed E-state index contributed by atoms with van der Waals surface area (Å²) in [5.41, 5.74) is 1.67. The highest BCUT2D eigenvalue weighted by atomic mass is 16.5. The molecule has 2 aromatic rings. The topological polar surface area (TPSA) is 101 Å². The third-order valence-electron chi connectivity index (χ3n) is 6.62. The van der Waals surface area contributed by atoms with Crippen LogP contribution in [-0.2, 0) is 16.1 Å². The number of carbonyl (C=O) groups is 2. The first kappa shape index (κ1) is 29.4. The lowest BCUT2D eigenvalue weighted by Gasteiger charge is -2.32. The maximum absolute atomic E-state index is 13.6. The largest absolute Gasteiger partial charge is 0.493 e. The smallest absolute Gasteiger partial charge is 0.254 e. The fourth-order valence-electron chi connectivity index (χ4n) is 4.52. The molecule has 1 aliphatic rings. The zero-order valence-corrected chi connectivity index (χ0v) is 23.0. The fraction of sp³-hybridized carbons (Fsp3) is 0.517. The van der Waals surface area contributed by atoms with Crippen LogP contribution in [-0.4, -0.2) is 82.4 Å². The summed E-state index contributed by atoms with van der Waals surface area (Å²) < 4.78 is 16.4. The van der Waals surface area contributed by atoms with Gasteiger partial charge in [0.25, 0.3) is 5.91 Å². The predicted molar refractivity (Wildman–Crippen MR) is 148 cm³/mol. The van der Waals surface area contributed by atoms with Gasteiger partial charge in [0.05, 0.1) is 20.3 Å². The summed E-state index contributed by atoms with van der Waals surface area (Å²) in [6.07, 6.45) is 0.736. The summed E-state index contributed by atoms with van der Waals surface area (Å²) in [6.45, 7) is 7.89. The minimum absolute atomic E-state index is 0.0137. The summed E-state index contributed by atoms with van der Waals surface area (Å²) in [7, 11) is 3.23. The number of nitrogens with zero attached hydrogens (tertiary/aromatic N) is 1. The van der Waals surface area contributed by atoms with E-state index >= 15 is 0 Å². The van der Waals surface area contributed by atoms with Crippen LogP contribution in [0, 0.1) is 5.92 Å². The Morgan fingerprint density at radius 3 is 2.55 bits per heavy atom. The van der Waals surface area contributed by atoms with E-state index in [2.05, 4.69) is 16.0 Å². The van der Waals surface area contributed by atoms with E-state index in [4.69, 9.17) is 14.2 Å². The first-order chi connectivity index (χ1) is 18.4. The van der Waals surface area contributed by atoms with Crippen LogP contribution in [0.25, 0.3) is 0 Å². The molecule has 1 aliphatic heterocycles. The molecule has 3 N–H and O–H groups in total. The third kappa shape index (κ3) is 8.72. The molecule has 1 saturated heterocycles. The second-order valence-electron chi connectivity index (χ2n) is 9.79. The van der Waals surface area contributed by atoms with Crippen LogP contribution in [0.3, 0.4) is 0 Å². The van der Waals surface area contributed by atoms with Gasteiger partial charge in [-0.2, -0.15) is 0 Å². The molecule has 0 spiro atoms. The van der Waals surface area contributed by atoms with Gasteiger partial charge in [-0.05, 0) is 37.6 Å². The SMILES string of the molecule is COCCCOc1cc(C(=O)N(C[C@@H]2CNC[C@H]2NC(=O)CNCc2ccccc2)C(C)C)ccc1OC. The van der Waals surface area contributed by atoms with Gasteiger partial charge in [-0.15, -0.1) is 0 Å².